The van der Waals surface area contributed by atoms with Gasteiger partial charge < -0.3 is 5.32 Å². The van der Waals surface area contributed by atoms with Gasteiger partial charge in [-0.3, -0.25) is 9.48 Å². The molecule has 1 saturated heterocycles. The summed E-state index contributed by atoms with van der Waals surface area (Å²) in [5, 5.41) is 7.49. The van der Waals surface area contributed by atoms with Crippen LogP contribution in [0.15, 0.2) is 36.8 Å². The molecule has 2 aliphatic rings. The van der Waals surface area contributed by atoms with Crippen molar-refractivity contribution in [2.24, 2.45) is 7.05 Å². The number of halogens is 1. The molecule has 5 rings (SSSR count). The number of carbonyl (C=O) groups excluding carboxylic acids is 1. The third kappa shape index (κ3) is 4.43. The van der Waals surface area contributed by atoms with Crippen molar-refractivity contribution < 1.29 is 17.6 Å². The molecule has 1 aromatic carbocycles. The van der Waals surface area contributed by atoms with Gasteiger partial charge in [0.2, 0.25) is 5.91 Å². The minimum atomic E-state index is -3.90. The summed E-state index contributed by atoms with van der Waals surface area (Å²) in [7, 11) is -0.721. The fourth-order valence-electron chi connectivity index (χ4n) is 3.96. The van der Waals surface area contributed by atoms with Crippen LogP contribution in [0.4, 0.5) is 10.1 Å². The van der Waals surface area contributed by atoms with Gasteiger partial charge in [-0.25, -0.2) is 9.37 Å². The summed E-state index contributed by atoms with van der Waals surface area (Å²) in [6, 6.07) is 2.88. The van der Waals surface area contributed by atoms with Gasteiger partial charge >= 0.3 is 0 Å². The van der Waals surface area contributed by atoms with Crippen LogP contribution >= 0.6 is 11.3 Å². The van der Waals surface area contributed by atoms with E-state index < -0.39 is 28.2 Å². The number of hydrogen-bond acceptors (Lipinski definition) is 6. The highest BCUT2D eigenvalue weighted by atomic mass is 32.2. The summed E-state index contributed by atoms with van der Waals surface area (Å²) in [5.74, 6) is -0.567. The zero-order chi connectivity index (χ0) is 23.3. The van der Waals surface area contributed by atoms with Crippen LogP contribution in [0, 0.1) is 5.82 Å². The highest BCUT2D eigenvalue weighted by Crippen LogP contribution is 2.42. The van der Waals surface area contributed by atoms with Crippen molar-refractivity contribution in [2.45, 2.75) is 37.3 Å². The number of thiazole rings is 1. The molecule has 3 heterocycles. The first-order valence-electron chi connectivity index (χ1n) is 10.5. The van der Waals surface area contributed by atoms with E-state index in [2.05, 4.69) is 20.1 Å². The molecule has 3 aromatic rings. The first-order valence-corrected chi connectivity index (χ1v) is 12.8. The largest absolute Gasteiger partial charge is 0.325 e. The van der Waals surface area contributed by atoms with Crippen molar-refractivity contribution in [2.75, 3.05) is 12.4 Å². The summed E-state index contributed by atoms with van der Waals surface area (Å²) in [5.41, 5.74) is 1.93. The average Bonchev–Trinajstić information content (AvgIpc) is 3.32. The van der Waals surface area contributed by atoms with Gasteiger partial charge in [-0.05, 0) is 48.9 Å². The Bertz CT molecular complexity index is 1320. The van der Waals surface area contributed by atoms with Crippen LogP contribution in [0.5, 0.6) is 0 Å². The summed E-state index contributed by atoms with van der Waals surface area (Å²) >= 11 is 1.36. The first-order chi connectivity index (χ1) is 15.7. The standard InChI is InChI=1S/C21H23FN6O3S2/c1-27-11-13(9-24-27)19-10-23-21(32-19)17-8-18(28(2)33(30,31)26-17)20(29)25-14-5-6-16(22)15(7-14)12-3-4-12/h5-7,9-12,17-18,26H,3-4,8H2,1-2H3,(H,25,29)/t17-,18+/m0/s1. The number of aryl methyl sites for hydroxylation is 1. The SMILES string of the molecule is CN1[C@@H](C(=O)Nc2ccc(F)c(C3CC3)c2)C[C@@H](c2ncc(-c3cnn(C)c3)s2)NS1(=O)=O. The Morgan fingerprint density at radius 3 is 2.76 bits per heavy atom. The normalized spacial score (nSPS) is 22.9. The predicted molar refractivity (Wildman–Crippen MR) is 122 cm³/mol. The molecule has 33 heavy (non-hydrogen) atoms. The molecule has 1 aliphatic heterocycles. The van der Waals surface area contributed by atoms with E-state index in [1.54, 1.807) is 23.1 Å². The van der Waals surface area contributed by atoms with Crippen LogP contribution in [0.25, 0.3) is 10.4 Å². The third-order valence-electron chi connectivity index (χ3n) is 5.96. The quantitative estimate of drug-likeness (QED) is 0.572. The van der Waals surface area contributed by atoms with Gasteiger partial charge in [0.05, 0.1) is 17.1 Å². The van der Waals surface area contributed by atoms with Gasteiger partial charge in [0.15, 0.2) is 0 Å². The predicted octanol–water partition coefficient (Wildman–Crippen LogP) is 2.78. The maximum Gasteiger partial charge on any atom is 0.280 e. The van der Waals surface area contributed by atoms with Gasteiger partial charge in [-0.15, -0.1) is 11.3 Å². The molecule has 0 unspecified atom stereocenters. The second-order valence-electron chi connectivity index (χ2n) is 8.41. The molecule has 2 atom stereocenters. The lowest BCUT2D eigenvalue weighted by molar-refractivity contribution is -0.120. The lowest BCUT2D eigenvalue weighted by atomic mass is 10.1. The molecule has 2 aromatic heterocycles. The van der Waals surface area contributed by atoms with E-state index >= 15 is 0 Å². The fraction of sp³-hybridized carbons (Fsp3) is 0.381. The molecule has 9 nitrogen and oxygen atoms in total. The number of rotatable bonds is 5. The van der Waals surface area contributed by atoms with E-state index in [4.69, 9.17) is 0 Å². The van der Waals surface area contributed by atoms with Gasteiger partial charge in [0.1, 0.15) is 16.9 Å². The molecule has 1 saturated carbocycles. The molecule has 1 amide bonds. The van der Waals surface area contributed by atoms with Crippen molar-refractivity contribution in [3.8, 4) is 10.4 Å². The lowest BCUT2D eigenvalue weighted by Gasteiger charge is -2.35. The topological polar surface area (TPSA) is 109 Å². The molecular weight excluding hydrogens is 467 g/mol. The summed E-state index contributed by atoms with van der Waals surface area (Å²) in [6.45, 7) is 0. The fourth-order valence-corrected chi connectivity index (χ4v) is 6.24. The maximum absolute atomic E-state index is 14.1. The molecule has 174 valence electrons. The van der Waals surface area contributed by atoms with Crippen LogP contribution in [-0.2, 0) is 22.1 Å². The van der Waals surface area contributed by atoms with Crippen LogP contribution in [0.3, 0.4) is 0 Å². The molecule has 1 aliphatic carbocycles. The smallest absolute Gasteiger partial charge is 0.280 e. The number of aromatic nitrogens is 3. The van der Waals surface area contributed by atoms with Gasteiger partial charge in [0.25, 0.3) is 10.2 Å². The highest BCUT2D eigenvalue weighted by molar-refractivity contribution is 7.87. The Morgan fingerprint density at radius 2 is 2.06 bits per heavy atom. The van der Waals surface area contributed by atoms with E-state index in [9.17, 15) is 17.6 Å². The second kappa shape index (κ2) is 8.28. The zero-order valence-corrected chi connectivity index (χ0v) is 19.7. The Labute approximate surface area is 194 Å². The van der Waals surface area contributed by atoms with Crippen LogP contribution < -0.4 is 10.0 Å². The Morgan fingerprint density at radius 1 is 1.27 bits per heavy atom. The average molecular weight is 491 g/mol. The lowest BCUT2D eigenvalue weighted by Crippen LogP contribution is -2.55. The molecule has 2 N–H and O–H groups in total. The first kappa shape index (κ1) is 22.1. The second-order valence-corrected chi connectivity index (χ2v) is 11.2. The Hall–Kier alpha value is -2.67. The molecule has 12 heteroatoms. The maximum atomic E-state index is 14.1. The van der Waals surface area contributed by atoms with E-state index in [-0.39, 0.29) is 18.2 Å². The number of nitrogens with zero attached hydrogens (tertiary/aromatic N) is 4. The highest BCUT2D eigenvalue weighted by Gasteiger charge is 2.41. The minimum Gasteiger partial charge on any atom is -0.325 e. The van der Waals surface area contributed by atoms with Crippen LogP contribution in [-0.4, -0.2) is 46.5 Å². The van der Waals surface area contributed by atoms with E-state index in [0.29, 0.717) is 16.3 Å². The number of amides is 1. The molecule has 0 bridgehead atoms. The van der Waals surface area contributed by atoms with Gasteiger partial charge in [-0.2, -0.15) is 22.5 Å². The number of nitrogens with one attached hydrogen (secondary N) is 2. The van der Waals surface area contributed by atoms with E-state index in [0.717, 1.165) is 27.6 Å². The van der Waals surface area contributed by atoms with Gasteiger partial charge in [0, 0.05) is 37.7 Å². The van der Waals surface area contributed by atoms with Crippen LogP contribution in [0.1, 0.15) is 41.8 Å². The molecule has 2 fully saturated rings. The monoisotopic (exact) mass is 490 g/mol. The Balaban J connectivity index is 1.37. The van der Waals surface area contributed by atoms with Crippen molar-refractivity contribution >= 4 is 33.1 Å². The van der Waals surface area contributed by atoms with Gasteiger partial charge in [-0.1, -0.05) is 0 Å². The number of carbonyl (C=O) groups is 1. The summed E-state index contributed by atoms with van der Waals surface area (Å²) < 4.78 is 44.9. The molecule has 0 radical (unpaired) electrons. The van der Waals surface area contributed by atoms with Crippen molar-refractivity contribution in [1.82, 2.24) is 23.8 Å². The molecular formula is C21H23FN6O3S2. The van der Waals surface area contributed by atoms with E-state index in [1.165, 1.54) is 30.5 Å². The molecule has 0 spiro atoms. The van der Waals surface area contributed by atoms with Crippen molar-refractivity contribution in [3.63, 3.8) is 0 Å². The number of likely N-dealkylation sites (N-methyl/N-ethyl adjacent to an activating group) is 1. The van der Waals surface area contributed by atoms with Crippen LogP contribution in [0.2, 0.25) is 0 Å². The van der Waals surface area contributed by atoms with Crippen molar-refractivity contribution in [3.05, 3.63) is 53.2 Å². The van der Waals surface area contributed by atoms with Crippen molar-refractivity contribution in [1.29, 1.82) is 0 Å². The summed E-state index contributed by atoms with van der Waals surface area (Å²) in [4.78, 5) is 18.3. The Kier molecular flexibility index (Phi) is 5.55. The number of benzene rings is 1. The summed E-state index contributed by atoms with van der Waals surface area (Å²) in [6.07, 6.45) is 7.31. The third-order valence-corrected chi connectivity index (χ3v) is 8.72. The minimum absolute atomic E-state index is 0.187. The number of anilines is 1. The van der Waals surface area contributed by atoms with E-state index in [1.807, 2.05) is 13.2 Å². The number of hydrogen-bond donors (Lipinski definition) is 2. The zero-order valence-electron chi connectivity index (χ0n) is 18.0.